The molecule has 3 amide bonds. The van der Waals surface area contributed by atoms with E-state index in [1.54, 1.807) is 13.8 Å². The molecule has 0 bridgehead atoms. The van der Waals surface area contributed by atoms with Gasteiger partial charge in [-0.2, -0.15) is 0 Å². The molecule has 0 aliphatic carbocycles. The lowest BCUT2D eigenvalue weighted by Crippen LogP contribution is -2.58. The van der Waals surface area contributed by atoms with Crippen LogP contribution in [0.1, 0.15) is 51.5 Å². The van der Waals surface area contributed by atoms with Crippen LogP contribution in [-0.4, -0.2) is 70.6 Å². The highest BCUT2D eigenvalue weighted by atomic mass is 16.4. The molecule has 0 spiro atoms. The summed E-state index contributed by atoms with van der Waals surface area (Å²) in [5, 5.41) is 25.7. The summed E-state index contributed by atoms with van der Waals surface area (Å²) in [5.41, 5.74) is 12.5. The zero-order chi connectivity index (χ0) is 28.0. The van der Waals surface area contributed by atoms with Gasteiger partial charge in [0.2, 0.25) is 17.7 Å². The molecule has 1 rings (SSSR count). The second kappa shape index (κ2) is 16.3. The average Bonchev–Trinajstić information content (AvgIpc) is 2.84. The topological polar surface area (TPSA) is 214 Å². The van der Waals surface area contributed by atoms with Gasteiger partial charge in [0, 0.05) is 6.42 Å². The maximum absolute atomic E-state index is 13.1. The summed E-state index contributed by atoms with van der Waals surface area (Å²) in [6.07, 6.45) is 0.926. The predicted molar refractivity (Wildman–Crippen MR) is 136 cm³/mol. The van der Waals surface area contributed by atoms with Gasteiger partial charge < -0.3 is 37.6 Å². The molecule has 0 aliphatic rings. The van der Waals surface area contributed by atoms with Gasteiger partial charge in [-0.25, -0.2) is 4.79 Å². The largest absolute Gasteiger partial charge is 0.481 e. The van der Waals surface area contributed by atoms with Crippen LogP contribution < -0.4 is 27.4 Å². The molecule has 206 valence electrons. The number of carbonyl (C=O) groups excluding carboxylic acids is 3. The Balaban J connectivity index is 2.92. The van der Waals surface area contributed by atoms with Crippen LogP contribution in [0.15, 0.2) is 30.3 Å². The van der Waals surface area contributed by atoms with Crippen LogP contribution in [0.3, 0.4) is 0 Å². The average molecular weight is 522 g/mol. The number of carbonyl (C=O) groups is 5. The van der Waals surface area contributed by atoms with Crippen molar-refractivity contribution in [2.75, 3.05) is 6.54 Å². The van der Waals surface area contributed by atoms with Gasteiger partial charge in [-0.05, 0) is 50.1 Å². The number of rotatable bonds is 17. The van der Waals surface area contributed by atoms with Gasteiger partial charge in [0.1, 0.15) is 18.1 Å². The number of hydrogen-bond donors (Lipinski definition) is 7. The van der Waals surface area contributed by atoms with Crippen molar-refractivity contribution in [2.24, 2.45) is 17.4 Å². The van der Waals surface area contributed by atoms with Crippen LogP contribution in [0.5, 0.6) is 0 Å². The van der Waals surface area contributed by atoms with Gasteiger partial charge in [-0.1, -0.05) is 44.2 Å². The Morgan fingerprint density at radius 1 is 0.838 bits per heavy atom. The van der Waals surface area contributed by atoms with Crippen molar-refractivity contribution < 1.29 is 34.2 Å². The minimum Gasteiger partial charge on any atom is -0.481 e. The number of nitrogens with two attached hydrogens (primary N) is 2. The molecule has 0 aliphatic heterocycles. The van der Waals surface area contributed by atoms with E-state index in [0.29, 0.717) is 19.4 Å². The van der Waals surface area contributed by atoms with E-state index < -0.39 is 66.2 Å². The standard InChI is InChI=1S/C25H39N5O7/c1-15(2)21(24(35)29-19(25(36)37)11-12-20(31)32)30-23(34)18(10-6-7-13-26)28-22(33)17(27)14-16-8-4-3-5-9-16/h3-5,8-9,15,17-19,21H,6-7,10-14,26-27H2,1-2H3,(H,28,33)(H,29,35)(H,30,34)(H,31,32)(H,36,37). The van der Waals surface area contributed by atoms with Crippen molar-refractivity contribution in [2.45, 2.75) is 76.5 Å². The van der Waals surface area contributed by atoms with Crippen LogP contribution in [0.2, 0.25) is 0 Å². The highest BCUT2D eigenvalue weighted by Crippen LogP contribution is 2.09. The normalized spacial score (nSPS) is 14.2. The molecule has 0 heterocycles. The minimum atomic E-state index is -1.43. The van der Waals surface area contributed by atoms with E-state index in [2.05, 4.69) is 16.0 Å². The second-order valence-electron chi connectivity index (χ2n) is 9.20. The fourth-order valence-electron chi connectivity index (χ4n) is 3.58. The van der Waals surface area contributed by atoms with Gasteiger partial charge in [-0.3, -0.25) is 19.2 Å². The van der Waals surface area contributed by atoms with Crippen molar-refractivity contribution >= 4 is 29.7 Å². The Kier molecular flexibility index (Phi) is 13.9. The van der Waals surface area contributed by atoms with Crippen molar-refractivity contribution in [1.29, 1.82) is 0 Å². The maximum Gasteiger partial charge on any atom is 0.326 e. The number of carboxylic acids is 2. The number of nitrogens with one attached hydrogen (secondary N) is 3. The van der Waals surface area contributed by atoms with Gasteiger partial charge in [0.25, 0.3) is 0 Å². The third kappa shape index (κ3) is 11.8. The lowest BCUT2D eigenvalue weighted by molar-refractivity contribution is -0.143. The SMILES string of the molecule is CC(C)C(NC(=O)C(CCCCN)NC(=O)C(N)Cc1ccccc1)C(=O)NC(CCC(=O)O)C(=O)O. The van der Waals surface area contributed by atoms with Crippen molar-refractivity contribution in [1.82, 2.24) is 16.0 Å². The number of aliphatic carboxylic acids is 2. The lowest BCUT2D eigenvalue weighted by Gasteiger charge is -2.27. The molecule has 0 fully saturated rings. The first kappa shape index (κ1) is 31.5. The molecule has 0 radical (unpaired) electrons. The first-order valence-electron chi connectivity index (χ1n) is 12.3. The molecule has 0 aromatic heterocycles. The smallest absolute Gasteiger partial charge is 0.326 e. The monoisotopic (exact) mass is 521 g/mol. The zero-order valence-electron chi connectivity index (χ0n) is 21.3. The van der Waals surface area contributed by atoms with Crippen LogP contribution in [0.4, 0.5) is 0 Å². The third-order valence-corrected chi connectivity index (χ3v) is 5.72. The van der Waals surface area contributed by atoms with Crippen LogP contribution in [-0.2, 0) is 30.4 Å². The summed E-state index contributed by atoms with van der Waals surface area (Å²) in [7, 11) is 0. The number of carboxylic acid groups (broad SMARTS) is 2. The molecular formula is C25H39N5O7. The summed E-state index contributed by atoms with van der Waals surface area (Å²) in [6.45, 7) is 3.73. The van der Waals surface area contributed by atoms with Crippen molar-refractivity contribution in [3.63, 3.8) is 0 Å². The summed E-state index contributed by atoms with van der Waals surface area (Å²) in [5.74, 6) is -4.93. The fraction of sp³-hybridized carbons (Fsp3) is 0.560. The molecule has 0 saturated carbocycles. The van der Waals surface area contributed by atoms with Crippen molar-refractivity contribution in [3.8, 4) is 0 Å². The molecule has 1 aromatic carbocycles. The Labute approximate surface area is 216 Å². The summed E-state index contributed by atoms with van der Waals surface area (Å²) >= 11 is 0. The van der Waals surface area contributed by atoms with E-state index in [0.717, 1.165) is 5.56 Å². The molecule has 1 aromatic rings. The Morgan fingerprint density at radius 3 is 2.00 bits per heavy atom. The Bertz CT molecular complexity index is 910. The van der Waals surface area contributed by atoms with E-state index in [1.807, 2.05) is 30.3 Å². The molecule has 12 heteroatoms. The molecular weight excluding hydrogens is 482 g/mol. The maximum atomic E-state index is 13.1. The van der Waals surface area contributed by atoms with Crippen LogP contribution >= 0.6 is 0 Å². The first-order valence-corrected chi connectivity index (χ1v) is 12.3. The Morgan fingerprint density at radius 2 is 1.46 bits per heavy atom. The van der Waals surface area contributed by atoms with E-state index in [1.165, 1.54) is 0 Å². The lowest BCUT2D eigenvalue weighted by atomic mass is 10.0. The quantitative estimate of drug-likeness (QED) is 0.134. The number of benzene rings is 1. The van der Waals surface area contributed by atoms with Gasteiger partial charge >= 0.3 is 11.9 Å². The molecule has 0 saturated heterocycles. The fourth-order valence-corrected chi connectivity index (χ4v) is 3.58. The van der Waals surface area contributed by atoms with Gasteiger partial charge in [-0.15, -0.1) is 0 Å². The number of hydrogen-bond acceptors (Lipinski definition) is 7. The molecule has 4 unspecified atom stereocenters. The summed E-state index contributed by atoms with van der Waals surface area (Å²) in [6, 6.07) is 4.74. The van der Waals surface area contributed by atoms with E-state index in [4.69, 9.17) is 16.6 Å². The molecule has 12 nitrogen and oxygen atoms in total. The van der Waals surface area contributed by atoms with E-state index in [-0.39, 0.29) is 19.3 Å². The highest BCUT2D eigenvalue weighted by molar-refractivity contribution is 5.94. The minimum absolute atomic E-state index is 0.260. The van der Waals surface area contributed by atoms with Crippen molar-refractivity contribution in [3.05, 3.63) is 35.9 Å². The first-order chi connectivity index (χ1) is 17.5. The zero-order valence-corrected chi connectivity index (χ0v) is 21.3. The predicted octanol–water partition coefficient (Wildman–Crippen LogP) is -0.255. The third-order valence-electron chi connectivity index (χ3n) is 5.72. The summed E-state index contributed by atoms with van der Waals surface area (Å²) in [4.78, 5) is 61.0. The highest BCUT2D eigenvalue weighted by Gasteiger charge is 2.32. The van der Waals surface area contributed by atoms with E-state index >= 15 is 0 Å². The second-order valence-corrected chi connectivity index (χ2v) is 9.20. The van der Waals surface area contributed by atoms with Gasteiger partial charge in [0.15, 0.2) is 0 Å². The number of amides is 3. The van der Waals surface area contributed by atoms with Crippen LogP contribution in [0.25, 0.3) is 0 Å². The molecule has 4 atom stereocenters. The number of unbranched alkanes of at least 4 members (excludes halogenated alkanes) is 1. The van der Waals surface area contributed by atoms with Gasteiger partial charge in [0.05, 0.1) is 6.04 Å². The Hall–Kier alpha value is -3.51. The van der Waals surface area contributed by atoms with Crippen LogP contribution in [0, 0.1) is 5.92 Å². The van der Waals surface area contributed by atoms with E-state index in [9.17, 15) is 29.1 Å². The molecule has 37 heavy (non-hydrogen) atoms. The summed E-state index contributed by atoms with van der Waals surface area (Å²) < 4.78 is 0. The molecule has 9 N–H and O–H groups in total.